The van der Waals surface area contributed by atoms with Gasteiger partial charge in [0.2, 0.25) is 0 Å². The van der Waals surface area contributed by atoms with Crippen molar-refractivity contribution in [2.24, 2.45) is 0 Å². The first-order chi connectivity index (χ1) is 9.49. The normalized spacial score (nSPS) is 10.3. The second-order valence-electron chi connectivity index (χ2n) is 4.37. The number of esters is 1. The van der Waals surface area contributed by atoms with E-state index >= 15 is 0 Å². The zero-order valence-corrected chi connectivity index (χ0v) is 10.8. The first kappa shape index (κ1) is 14.0. The summed E-state index contributed by atoms with van der Waals surface area (Å²) in [5, 5.41) is 0. The maximum absolute atomic E-state index is 13.8. The number of ether oxygens (including phenoxy) is 1. The molecule has 2 rings (SSSR count). The van der Waals surface area contributed by atoms with Crippen LogP contribution in [0.4, 0.5) is 14.5 Å². The molecule has 0 aliphatic heterocycles. The molecule has 20 heavy (non-hydrogen) atoms. The second-order valence-corrected chi connectivity index (χ2v) is 4.37. The van der Waals surface area contributed by atoms with Gasteiger partial charge in [0.15, 0.2) is 0 Å². The van der Waals surface area contributed by atoms with Gasteiger partial charge in [-0.2, -0.15) is 0 Å². The molecule has 0 amide bonds. The number of carbonyl (C=O) groups is 1. The fourth-order valence-corrected chi connectivity index (χ4v) is 1.78. The number of anilines is 1. The Morgan fingerprint density at radius 3 is 2.65 bits per heavy atom. The molecule has 0 heterocycles. The number of halogens is 2. The van der Waals surface area contributed by atoms with E-state index in [1.807, 2.05) is 0 Å². The highest BCUT2D eigenvalue weighted by molar-refractivity contribution is 5.91. The van der Waals surface area contributed by atoms with E-state index in [2.05, 4.69) is 0 Å². The smallest absolute Gasteiger partial charge is 0.341 e. The average molecular weight is 277 g/mol. The minimum atomic E-state index is -0.874. The van der Waals surface area contributed by atoms with Gasteiger partial charge in [-0.25, -0.2) is 13.6 Å². The number of carbonyl (C=O) groups excluding carboxylic acids is 1. The standard InChI is InChI=1S/C15H13F2NO2/c1-9-6-11(18)7-12(14(9)17)15(19)20-8-10-4-2-3-5-13(10)16/h2-7H,8,18H2,1H3. The maximum Gasteiger partial charge on any atom is 0.341 e. The Bertz CT molecular complexity index is 656. The van der Waals surface area contributed by atoms with Crippen LogP contribution >= 0.6 is 0 Å². The van der Waals surface area contributed by atoms with Gasteiger partial charge in [0.1, 0.15) is 18.2 Å². The van der Waals surface area contributed by atoms with Crippen LogP contribution in [0.1, 0.15) is 21.5 Å². The molecule has 2 N–H and O–H groups in total. The van der Waals surface area contributed by atoms with Gasteiger partial charge in [0, 0.05) is 11.3 Å². The molecule has 0 aliphatic rings. The van der Waals surface area contributed by atoms with Crippen molar-refractivity contribution in [3.05, 3.63) is 64.7 Å². The number of rotatable bonds is 3. The summed E-state index contributed by atoms with van der Waals surface area (Å²) < 4.78 is 32.1. The van der Waals surface area contributed by atoms with Gasteiger partial charge in [-0.1, -0.05) is 18.2 Å². The van der Waals surface area contributed by atoms with Crippen molar-refractivity contribution in [2.45, 2.75) is 13.5 Å². The van der Waals surface area contributed by atoms with Crippen molar-refractivity contribution in [2.75, 3.05) is 5.73 Å². The molecule has 2 aromatic rings. The maximum atomic E-state index is 13.8. The summed E-state index contributed by atoms with van der Waals surface area (Å²) in [6.45, 7) is 1.23. The van der Waals surface area contributed by atoms with Crippen LogP contribution in [0.25, 0.3) is 0 Å². The van der Waals surface area contributed by atoms with Gasteiger partial charge in [0.25, 0.3) is 0 Å². The molecule has 2 aromatic carbocycles. The minimum absolute atomic E-state index is 0.224. The molecule has 0 fully saturated rings. The van der Waals surface area contributed by atoms with Crippen molar-refractivity contribution >= 4 is 11.7 Å². The molecule has 0 spiro atoms. The SMILES string of the molecule is Cc1cc(N)cc(C(=O)OCc2ccccc2F)c1F. The van der Waals surface area contributed by atoms with Crippen LogP contribution in [0.15, 0.2) is 36.4 Å². The van der Waals surface area contributed by atoms with Crippen LogP contribution in [-0.2, 0) is 11.3 Å². The Morgan fingerprint density at radius 1 is 1.25 bits per heavy atom. The number of nitrogens with two attached hydrogens (primary N) is 1. The van der Waals surface area contributed by atoms with Crippen LogP contribution < -0.4 is 5.73 Å². The third-order valence-electron chi connectivity index (χ3n) is 2.81. The molecule has 5 heteroatoms. The number of hydrogen-bond donors (Lipinski definition) is 1. The van der Waals surface area contributed by atoms with Crippen LogP contribution in [0.2, 0.25) is 0 Å². The molecule has 104 valence electrons. The van der Waals surface area contributed by atoms with E-state index in [0.717, 1.165) is 0 Å². The molecular formula is C15H13F2NO2. The first-order valence-electron chi connectivity index (χ1n) is 5.95. The van der Waals surface area contributed by atoms with Crippen LogP contribution in [0, 0.1) is 18.6 Å². The summed E-state index contributed by atoms with van der Waals surface area (Å²) in [6.07, 6.45) is 0. The molecule has 0 radical (unpaired) electrons. The van der Waals surface area contributed by atoms with Gasteiger partial charge in [-0.15, -0.1) is 0 Å². The van der Waals surface area contributed by atoms with E-state index < -0.39 is 17.6 Å². The zero-order valence-electron chi connectivity index (χ0n) is 10.8. The predicted octanol–water partition coefficient (Wildman–Crippen LogP) is 3.21. The second kappa shape index (κ2) is 5.69. The van der Waals surface area contributed by atoms with Gasteiger partial charge in [-0.05, 0) is 30.7 Å². The molecule has 0 unspecified atom stereocenters. The van der Waals surface area contributed by atoms with E-state index in [1.165, 1.54) is 37.3 Å². The molecule has 0 aliphatic carbocycles. The van der Waals surface area contributed by atoms with Crippen LogP contribution in [-0.4, -0.2) is 5.97 Å². The predicted molar refractivity (Wildman–Crippen MR) is 71.1 cm³/mol. The molecule has 0 atom stereocenters. The Kier molecular flexibility index (Phi) is 3.98. The van der Waals surface area contributed by atoms with Gasteiger partial charge in [-0.3, -0.25) is 0 Å². The lowest BCUT2D eigenvalue weighted by molar-refractivity contribution is 0.0463. The van der Waals surface area contributed by atoms with Crippen molar-refractivity contribution in [1.29, 1.82) is 0 Å². The Labute approximate surface area is 115 Å². The summed E-state index contributed by atoms with van der Waals surface area (Å²) in [7, 11) is 0. The fraction of sp³-hybridized carbons (Fsp3) is 0.133. The third-order valence-corrected chi connectivity index (χ3v) is 2.81. The number of benzene rings is 2. The molecule has 3 nitrogen and oxygen atoms in total. The summed E-state index contributed by atoms with van der Waals surface area (Å²) in [5.74, 6) is -2.04. The average Bonchev–Trinajstić information content (AvgIpc) is 2.41. The van der Waals surface area contributed by atoms with E-state index in [-0.39, 0.29) is 29.0 Å². The largest absolute Gasteiger partial charge is 0.457 e. The highest BCUT2D eigenvalue weighted by Crippen LogP contribution is 2.19. The van der Waals surface area contributed by atoms with Crippen molar-refractivity contribution in [1.82, 2.24) is 0 Å². The fourth-order valence-electron chi connectivity index (χ4n) is 1.78. The summed E-state index contributed by atoms with van der Waals surface area (Å²) in [5.41, 5.74) is 6.05. The van der Waals surface area contributed by atoms with Crippen molar-refractivity contribution in [3.63, 3.8) is 0 Å². The van der Waals surface area contributed by atoms with Gasteiger partial charge >= 0.3 is 5.97 Å². The van der Waals surface area contributed by atoms with Gasteiger partial charge in [0.05, 0.1) is 5.56 Å². The number of hydrogen-bond acceptors (Lipinski definition) is 3. The van der Waals surface area contributed by atoms with Crippen LogP contribution in [0.3, 0.4) is 0 Å². The number of nitrogen functional groups attached to an aromatic ring is 1. The first-order valence-corrected chi connectivity index (χ1v) is 5.95. The third kappa shape index (κ3) is 2.93. The molecular weight excluding hydrogens is 264 g/mol. The lowest BCUT2D eigenvalue weighted by atomic mass is 10.1. The lowest BCUT2D eigenvalue weighted by Gasteiger charge is -2.08. The Balaban J connectivity index is 2.15. The zero-order chi connectivity index (χ0) is 14.7. The van der Waals surface area contributed by atoms with Crippen LogP contribution in [0.5, 0.6) is 0 Å². The van der Waals surface area contributed by atoms with E-state index in [9.17, 15) is 13.6 Å². The Morgan fingerprint density at radius 2 is 1.95 bits per heavy atom. The molecule has 0 saturated carbocycles. The van der Waals surface area contributed by atoms with Gasteiger partial charge < -0.3 is 10.5 Å². The minimum Gasteiger partial charge on any atom is -0.457 e. The quantitative estimate of drug-likeness (QED) is 0.692. The van der Waals surface area contributed by atoms with Crippen molar-refractivity contribution < 1.29 is 18.3 Å². The van der Waals surface area contributed by atoms with E-state index in [0.29, 0.717) is 0 Å². The summed E-state index contributed by atoms with van der Waals surface area (Å²) in [4.78, 5) is 11.8. The molecule has 0 aromatic heterocycles. The number of aryl methyl sites for hydroxylation is 1. The van der Waals surface area contributed by atoms with E-state index in [1.54, 1.807) is 6.07 Å². The van der Waals surface area contributed by atoms with E-state index in [4.69, 9.17) is 10.5 Å². The lowest BCUT2D eigenvalue weighted by Crippen LogP contribution is -2.10. The highest BCUT2D eigenvalue weighted by atomic mass is 19.1. The summed E-state index contributed by atoms with van der Waals surface area (Å²) >= 11 is 0. The van der Waals surface area contributed by atoms with Crippen molar-refractivity contribution in [3.8, 4) is 0 Å². The highest BCUT2D eigenvalue weighted by Gasteiger charge is 2.16. The molecule has 0 bridgehead atoms. The summed E-state index contributed by atoms with van der Waals surface area (Å²) in [6, 6.07) is 8.52. The Hall–Kier alpha value is -2.43. The topological polar surface area (TPSA) is 52.3 Å². The monoisotopic (exact) mass is 277 g/mol. The molecule has 0 saturated heterocycles.